The molecule has 3 heteroatoms. The Morgan fingerprint density at radius 1 is 1.06 bits per heavy atom. The van der Waals surface area contributed by atoms with Crippen molar-refractivity contribution in [2.45, 2.75) is 45.6 Å². The van der Waals surface area contributed by atoms with Crippen molar-refractivity contribution in [3.63, 3.8) is 0 Å². The molecule has 1 N–H and O–H groups in total. The summed E-state index contributed by atoms with van der Waals surface area (Å²) in [6.45, 7) is 11.5. The maximum Gasteiger partial charge on any atom is 0.0148 e. The van der Waals surface area contributed by atoms with Crippen molar-refractivity contribution < 1.29 is 0 Å². The molecule has 0 spiro atoms. The van der Waals surface area contributed by atoms with E-state index in [1.165, 1.54) is 45.3 Å². The molecule has 0 saturated carbocycles. The van der Waals surface area contributed by atoms with Crippen molar-refractivity contribution >= 4 is 0 Å². The van der Waals surface area contributed by atoms with E-state index in [1.54, 1.807) is 0 Å². The van der Waals surface area contributed by atoms with Crippen LogP contribution in [0, 0.1) is 0 Å². The lowest BCUT2D eigenvalue weighted by molar-refractivity contribution is 0.263. The highest BCUT2D eigenvalue weighted by atomic mass is 15.1. The lowest BCUT2D eigenvalue weighted by Crippen LogP contribution is -2.41. The molecule has 1 rings (SSSR count). The number of rotatable bonds is 8. The molecule has 0 unspecified atom stereocenters. The summed E-state index contributed by atoms with van der Waals surface area (Å²) >= 11 is 0. The van der Waals surface area contributed by atoms with E-state index in [9.17, 15) is 0 Å². The van der Waals surface area contributed by atoms with E-state index >= 15 is 0 Å². The third-order valence-electron chi connectivity index (χ3n) is 3.21. The largest absolute Gasteiger partial charge is 0.313 e. The minimum atomic E-state index is 0.725. The van der Waals surface area contributed by atoms with Crippen molar-refractivity contribution in [3.8, 4) is 0 Å². The number of nitrogens with zero attached hydrogens (tertiary/aromatic N) is 2. The van der Waals surface area contributed by atoms with Gasteiger partial charge in [-0.05, 0) is 38.8 Å². The molecule has 0 aromatic carbocycles. The molecule has 0 atom stereocenters. The predicted octanol–water partition coefficient (Wildman–Crippen LogP) is 1.46. The third-order valence-corrected chi connectivity index (χ3v) is 3.21. The summed E-state index contributed by atoms with van der Waals surface area (Å²) in [6.07, 6.45) is 5.01. The second-order valence-electron chi connectivity index (χ2n) is 4.74. The van der Waals surface area contributed by atoms with Crippen LogP contribution in [-0.2, 0) is 0 Å². The zero-order valence-corrected chi connectivity index (χ0v) is 11.0. The fourth-order valence-corrected chi connectivity index (χ4v) is 2.35. The summed E-state index contributed by atoms with van der Waals surface area (Å²) in [5.41, 5.74) is 0. The van der Waals surface area contributed by atoms with Crippen LogP contribution in [0.4, 0.5) is 0 Å². The molecular weight excluding hydrogens is 198 g/mol. The lowest BCUT2D eigenvalue weighted by Gasteiger charge is -2.25. The van der Waals surface area contributed by atoms with Gasteiger partial charge in [-0.3, -0.25) is 0 Å². The highest BCUT2D eigenvalue weighted by Gasteiger charge is 2.12. The van der Waals surface area contributed by atoms with Crippen molar-refractivity contribution in [1.82, 2.24) is 15.5 Å². The smallest absolute Gasteiger partial charge is 0.0148 e. The van der Waals surface area contributed by atoms with Crippen molar-refractivity contribution in [1.29, 1.82) is 0 Å². The maximum absolute atomic E-state index is 4.38. The van der Waals surface area contributed by atoms with Gasteiger partial charge in [0.25, 0.3) is 0 Å². The van der Waals surface area contributed by atoms with E-state index in [0.29, 0.717) is 0 Å². The zero-order chi connectivity index (χ0) is 11.6. The molecule has 1 fully saturated rings. The van der Waals surface area contributed by atoms with Gasteiger partial charge in [0.2, 0.25) is 0 Å². The van der Waals surface area contributed by atoms with Gasteiger partial charge in [-0.1, -0.05) is 13.8 Å². The molecule has 3 nitrogen and oxygen atoms in total. The normalized spacial score (nSPS) is 18.2. The molecule has 1 aliphatic rings. The number of hydrogen-bond donors (Lipinski definition) is 1. The Balaban J connectivity index is 2.06. The summed E-state index contributed by atoms with van der Waals surface area (Å²) in [6, 6.07) is 0.725. The zero-order valence-electron chi connectivity index (χ0n) is 11.0. The lowest BCUT2D eigenvalue weighted by atomic mass is 10.1. The molecule has 1 heterocycles. The molecular formula is C13H28N3. The second kappa shape index (κ2) is 8.97. The Labute approximate surface area is 101 Å². The van der Waals surface area contributed by atoms with Gasteiger partial charge in [0.05, 0.1) is 0 Å². The van der Waals surface area contributed by atoms with Crippen LogP contribution in [0.3, 0.4) is 0 Å². The number of nitrogens with one attached hydrogen (secondary N) is 1. The van der Waals surface area contributed by atoms with Crippen LogP contribution in [0.25, 0.3) is 0 Å². The summed E-state index contributed by atoms with van der Waals surface area (Å²) in [7, 11) is 0. The quantitative estimate of drug-likeness (QED) is 0.679. The van der Waals surface area contributed by atoms with Crippen molar-refractivity contribution in [3.05, 3.63) is 0 Å². The fourth-order valence-electron chi connectivity index (χ4n) is 2.35. The van der Waals surface area contributed by atoms with Crippen LogP contribution in [-0.4, -0.2) is 50.2 Å². The highest BCUT2D eigenvalue weighted by Crippen LogP contribution is 2.02. The molecule has 0 aliphatic carbocycles. The first-order valence-corrected chi connectivity index (χ1v) is 6.95. The molecule has 95 valence electrons. The summed E-state index contributed by atoms with van der Waals surface area (Å²) in [5.74, 6) is 0. The molecule has 1 radical (unpaired) electrons. The van der Waals surface area contributed by atoms with Crippen LogP contribution in [0.15, 0.2) is 0 Å². The minimum Gasteiger partial charge on any atom is -0.313 e. The summed E-state index contributed by atoms with van der Waals surface area (Å²) < 4.78 is 0. The Morgan fingerprint density at radius 3 is 2.25 bits per heavy atom. The van der Waals surface area contributed by atoms with Crippen LogP contribution in [0.1, 0.15) is 39.5 Å². The van der Waals surface area contributed by atoms with Gasteiger partial charge in [-0.25, -0.2) is 5.32 Å². The van der Waals surface area contributed by atoms with Crippen LogP contribution >= 0.6 is 0 Å². The van der Waals surface area contributed by atoms with Gasteiger partial charge in [0.1, 0.15) is 0 Å². The van der Waals surface area contributed by atoms with E-state index in [2.05, 4.69) is 29.4 Å². The van der Waals surface area contributed by atoms with Crippen molar-refractivity contribution in [2.24, 2.45) is 0 Å². The second-order valence-corrected chi connectivity index (χ2v) is 4.74. The van der Waals surface area contributed by atoms with E-state index in [1.807, 2.05) is 0 Å². The first kappa shape index (κ1) is 13.9. The predicted molar refractivity (Wildman–Crippen MR) is 69.9 cm³/mol. The van der Waals surface area contributed by atoms with Crippen LogP contribution in [0.5, 0.6) is 0 Å². The van der Waals surface area contributed by atoms with Crippen LogP contribution < -0.4 is 10.6 Å². The first-order chi connectivity index (χ1) is 7.86. The summed E-state index contributed by atoms with van der Waals surface area (Å²) in [4.78, 5) is 2.57. The topological polar surface area (TPSA) is 29.4 Å². The molecule has 0 amide bonds. The first-order valence-electron chi connectivity index (χ1n) is 6.95. The Morgan fingerprint density at radius 2 is 1.69 bits per heavy atom. The molecule has 1 saturated heterocycles. The molecule has 0 aromatic rings. The van der Waals surface area contributed by atoms with Gasteiger partial charge >= 0.3 is 0 Å². The van der Waals surface area contributed by atoms with Gasteiger partial charge in [-0.2, -0.15) is 0 Å². The minimum absolute atomic E-state index is 0.725. The molecule has 0 aromatic heterocycles. The van der Waals surface area contributed by atoms with Gasteiger partial charge in [0.15, 0.2) is 0 Å². The third kappa shape index (κ3) is 5.83. The SMILES string of the molecule is CCCN(CCC)CCNC1CC[N]CC1. The molecule has 0 bridgehead atoms. The Bertz CT molecular complexity index is 149. The number of piperidine rings is 1. The van der Waals surface area contributed by atoms with Crippen LogP contribution in [0.2, 0.25) is 0 Å². The average molecular weight is 226 g/mol. The summed E-state index contributed by atoms with van der Waals surface area (Å²) in [5, 5.41) is 8.05. The average Bonchev–Trinajstić information content (AvgIpc) is 2.31. The van der Waals surface area contributed by atoms with E-state index in [0.717, 1.165) is 25.7 Å². The highest BCUT2D eigenvalue weighted by molar-refractivity contribution is 4.74. The van der Waals surface area contributed by atoms with E-state index in [-0.39, 0.29) is 0 Å². The van der Waals surface area contributed by atoms with E-state index in [4.69, 9.17) is 0 Å². The van der Waals surface area contributed by atoms with E-state index < -0.39 is 0 Å². The number of hydrogen-bond acceptors (Lipinski definition) is 2. The van der Waals surface area contributed by atoms with Gasteiger partial charge in [0, 0.05) is 32.2 Å². The molecule has 16 heavy (non-hydrogen) atoms. The maximum atomic E-state index is 4.38. The standard InChI is InChI=1S/C13H28N3/c1-3-10-16(11-4-2)12-9-15-13-5-7-14-8-6-13/h13,15H,3-12H2,1-2H3. The van der Waals surface area contributed by atoms with Gasteiger partial charge < -0.3 is 10.2 Å². The monoisotopic (exact) mass is 226 g/mol. The fraction of sp³-hybridized carbons (Fsp3) is 1.00. The molecule has 1 aliphatic heterocycles. The Hall–Kier alpha value is -0.120. The van der Waals surface area contributed by atoms with Crippen molar-refractivity contribution in [2.75, 3.05) is 39.3 Å². The Kier molecular flexibility index (Phi) is 7.81. The van der Waals surface area contributed by atoms with Gasteiger partial charge in [-0.15, -0.1) is 0 Å².